The van der Waals surface area contributed by atoms with Gasteiger partial charge in [0, 0.05) is 0 Å². The molecular weight excluding hydrogens is 352 g/mol. The molecule has 0 aliphatic carbocycles. The summed E-state index contributed by atoms with van der Waals surface area (Å²) in [6.07, 6.45) is 0. The van der Waals surface area contributed by atoms with Crippen molar-refractivity contribution >= 4 is 37.3 Å². The lowest BCUT2D eigenvalue weighted by atomic mass is 10.1. The van der Waals surface area contributed by atoms with Crippen LogP contribution in [-0.2, 0) is 10.0 Å². The second-order valence-electron chi connectivity index (χ2n) is 5.53. The molecule has 0 spiro atoms. The van der Waals surface area contributed by atoms with Crippen molar-refractivity contribution in [1.29, 1.82) is 0 Å². The van der Waals surface area contributed by atoms with Gasteiger partial charge in [-0.05, 0) is 41.5 Å². The molecule has 0 saturated heterocycles. The first kappa shape index (κ1) is 15.8. The zero-order valence-electron chi connectivity index (χ0n) is 13.1. The van der Waals surface area contributed by atoms with E-state index >= 15 is 0 Å². The van der Waals surface area contributed by atoms with Crippen LogP contribution in [0, 0.1) is 0 Å². The van der Waals surface area contributed by atoms with E-state index in [4.69, 9.17) is 0 Å². The first-order valence-electron chi connectivity index (χ1n) is 7.63. The molecule has 124 valence electrons. The van der Waals surface area contributed by atoms with Gasteiger partial charge in [-0.15, -0.1) is 11.3 Å². The Balaban J connectivity index is 1.61. The quantitative estimate of drug-likeness (QED) is 0.566. The number of hydrogen-bond acceptors (Lipinski definition) is 4. The van der Waals surface area contributed by atoms with E-state index in [-0.39, 0.29) is 4.90 Å². The average molecular weight is 366 g/mol. The van der Waals surface area contributed by atoms with Crippen molar-refractivity contribution in [2.24, 2.45) is 0 Å². The molecule has 4 rings (SSSR count). The van der Waals surface area contributed by atoms with Crippen LogP contribution in [0.2, 0.25) is 0 Å². The lowest BCUT2D eigenvalue weighted by Gasteiger charge is -2.09. The van der Waals surface area contributed by atoms with Crippen LogP contribution >= 0.6 is 11.3 Å². The third kappa shape index (κ3) is 3.26. The summed E-state index contributed by atoms with van der Waals surface area (Å²) in [5.41, 5.74) is 5.16. The van der Waals surface area contributed by atoms with Gasteiger partial charge in [0.25, 0.3) is 10.0 Å². The van der Waals surface area contributed by atoms with Crippen LogP contribution in [0.1, 0.15) is 0 Å². The van der Waals surface area contributed by atoms with Crippen molar-refractivity contribution in [3.8, 4) is 11.1 Å². The topological polar surface area (TPSA) is 59.1 Å². The highest BCUT2D eigenvalue weighted by molar-refractivity contribution is 7.92. The Morgan fingerprint density at radius 1 is 0.840 bits per heavy atom. The SMILES string of the molecule is O=S(=O)(Nc1ccc2ncsc2c1)c1ccc(-c2ccccc2)cc1. The van der Waals surface area contributed by atoms with Gasteiger partial charge in [-0.1, -0.05) is 42.5 Å². The van der Waals surface area contributed by atoms with Gasteiger partial charge < -0.3 is 0 Å². The van der Waals surface area contributed by atoms with Crippen LogP contribution in [0.5, 0.6) is 0 Å². The molecule has 0 saturated carbocycles. The van der Waals surface area contributed by atoms with E-state index in [0.29, 0.717) is 5.69 Å². The number of fused-ring (bicyclic) bond motifs is 1. The van der Waals surface area contributed by atoms with Crippen molar-refractivity contribution in [3.63, 3.8) is 0 Å². The van der Waals surface area contributed by atoms with Crippen molar-refractivity contribution < 1.29 is 8.42 Å². The number of rotatable bonds is 4. The highest BCUT2D eigenvalue weighted by Crippen LogP contribution is 2.25. The summed E-state index contributed by atoms with van der Waals surface area (Å²) >= 11 is 1.48. The maximum absolute atomic E-state index is 12.6. The predicted molar refractivity (Wildman–Crippen MR) is 102 cm³/mol. The Bertz CT molecular complexity index is 1120. The van der Waals surface area contributed by atoms with Crippen molar-refractivity contribution in [3.05, 3.63) is 78.3 Å². The monoisotopic (exact) mass is 366 g/mol. The molecule has 0 radical (unpaired) electrons. The molecule has 4 nitrogen and oxygen atoms in total. The summed E-state index contributed by atoms with van der Waals surface area (Å²) in [5, 5.41) is 0. The molecule has 3 aromatic carbocycles. The maximum atomic E-state index is 12.6. The summed E-state index contributed by atoms with van der Waals surface area (Å²) in [6, 6.07) is 22.0. The molecule has 4 aromatic rings. The maximum Gasteiger partial charge on any atom is 0.261 e. The number of anilines is 1. The molecule has 25 heavy (non-hydrogen) atoms. The van der Waals surface area contributed by atoms with Crippen LogP contribution in [0.25, 0.3) is 21.3 Å². The average Bonchev–Trinajstić information content (AvgIpc) is 3.10. The third-order valence-electron chi connectivity index (χ3n) is 3.86. The molecule has 0 bridgehead atoms. The standard InChI is InChI=1S/C19H14N2O2S2/c22-25(23,21-16-8-11-18-19(12-16)24-13-20-18)17-9-6-15(7-10-17)14-4-2-1-3-5-14/h1-13,21H. The molecule has 0 fully saturated rings. The van der Waals surface area contributed by atoms with Gasteiger partial charge in [-0.2, -0.15) is 0 Å². The van der Waals surface area contributed by atoms with E-state index in [2.05, 4.69) is 9.71 Å². The van der Waals surface area contributed by atoms with Gasteiger partial charge >= 0.3 is 0 Å². The largest absolute Gasteiger partial charge is 0.280 e. The van der Waals surface area contributed by atoms with Gasteiger partial charge in [-0.3, -0.25) is 4.72 Å². The lowest BCUT2D eigenvalue weighted by molar-refractivity contribution is 0.601. The van der Waals surface area contributed by atoms with Crippen LogP contribution in [0.4, 0.5) is 5.69 Å². The highest BCUT2D eigenvalue weighted by Gasteiger charge is 2.14. The zero-order valence-corrected chi connectivity index (χ0v) is 14.7. The zero-order chi connectivity index (χ0) is 17.3. The lowest BCUT2D eigenvalue weighted by Crippen LogP contribution is -2.12. The van der Waals surface area contributed by atoms with Gasteiger partial charge in [-0.25, -0.2) is 13.4 Å². The molecular formula is C19H14N2O2S2. The van der Waals surface area contributed by atoms with Crippen molar-refractivity contribution in [1.82, 2.24) is 4.98 Å². The van der Waals surface area contributed by atoms with Crippen LogP contribution in [-0.4, -0.2) is 13.4 Å². The third-order valence-corrected chi connectivity index (χ3v) is 6.04. The van der Waals surface area contributed by atoms with Gasteiger partial charge in [0.1, 0.15) is 0 Å². The summed E-state index contributed by atoms with van der Waals surface area (Å²) in [7, 11) is -3.63. The molecule has 0 atom stereocenters. The molecule has 0 unspecified atom stereocenters. The summed E-state index contributed by atoms with van der Waals surface area (Å²) in [4.78, 5) is 4.43. The Hall–Kier alpha value is -2.70. The fourth-order valence-electron chi connectivity index (χ4n) is 2.59. The number of nitrogens with zero attached hydrogens (tertiary/aromatic N) is 1. The van der Waals surface area contributed by atoms with Gasteiger partial charge in [0.05, 0.1) is 26.3 Å². The molecule has 6 heteroatoms. The minimum absolute atomic E-state index is 0.233. The molecule has 1 aromatic heterocycles. The summed E-state index contributed by atoms with van der Waals surface area (Å²) in [5.74, 6) is 0. The van der Waals surface area contributed by atoms with E-state index < -0.39 is 10.0 Å². The molecule has 0 aliphatic heterocycles. The number of nitrogens with one attached hydrogen (secondary N) is 1. The minimum Gasteiger partial charge on any atom is -0.280 e. The summed E-state index contributed by atoms with van der Waals surface area (Å²) in [6.45, 7) is 0. The molecule has 0 aliphatic rings. The molecule has 1 heterocycles. The smallest absolute Gasteiger partial charge is 0.261 e. The van der Waals surface area contributed by atoms with Crippen LogP contribution in [0.3, 0.4) is 0 Å². The number of sulfonamides is 1. The predicted octanol–water partition coefficient (Wildman–Crippen LogP) is 4.76. The van der Waals surface area contributed by atoms with E-state index in [1.807, 2.05) is 48.5 Å². The normalized spacial score (nSPS) is 11.5. The molecule has 1 N–H and O–H groups in total. The highest BCUT2D eigenvalue weighted by atomic mass is 32.2. The molecule has 0 amide bonds. The fourth-order valence-corrected chi connectivity index (χ4v) is 4.36. The first-order chi connectivity index (χ1) is 12.1. The van der Waals surface area contributed by atoms with Crippen molar-refractivity contribution in [2.45, 2.75) is 4.90 Å². The van der Waals surface area contributed by atoms with E-state index in [1.54, 1.807) is 29.8 Å². The van der Waals surface area contributed by atoms with Crippen molar-refractivity contribution in [2.75, 3.05) is 4.72 Å². The number of thiazole rings is 1. The van der Waals surface area contributed by atoms with Gasteiger partial charge in [0.15, 0.2) is 0 Å². The minimum atomic E-state index is -3.63. The fraction of sp³-hybridized carbons (Fsp3) is 0. The summed E-state index contributed by atoms with van der Waals surface area (Å²) < 4.78 is 28.8. The second kappa shape index (κ2) is 6.31. The van der Waals surface area contributed by atoms with E-state index in [9.17, 15) is 8.42 Å². The van der Waals surface area contributed by atoms with E-state index in [1.165, 1.54) is 11.3 Å². The van der Waals surface area contributed by atoms with E-state index in [0.717, 1.165) is 21.3 Å². The van der Waals surface area contributed by atoms with Gasteiger partial charge in [0.2, 0.25) is 0 Å². The number of aromatic nitrogens is 1. The Morgan fingerprint density at radius 2 is 1.56 bits per heavy atom. The second-order valence-corrected chi connectivity index (χ2v) is 8.10. The van der Waals surface area contributed by atoms with Crippen LogP contribution in [0.15, 0.2) is 83.2 Å². The first-order valence-corrected chi connectivity index (χ1v) is 10.00. The Kier molecular flexibility index (Phi) is 3.99. The Morgan fingerprint density at radius 3 is 2.32 bits per heavy atom. The van der Waals surface area contributed by atoms with Crippen LogP contribution < -0.4 is 4.72 Å². The number of hydrogen-bond donors (Lipinski definition) is 1. The number of benzene rings is 3. The Labute approximate surface area is 149 Å².